The first-order chi connectivity index (χ1) is 7.60. The lowest BCUT2D eigenvalue weighted by atomic mass is 9.74. The van der Waals surface area contributed by atoms with Crippen molar-refractivity contribution in [2.75, 3.05) is 0 Å². The molecule has 1 aromatic rings. The molecule has 0 aromatic heterocycles. The fourth-order valence-electron chi connectivity index (χ4n) is 3.29. The zero-order chi connectivity index (χ0) is 11.3. The molecule has 17 heavy (non-hydrogen) atoms. The molecule has 3 rings (SSSR count). The Hall–Kier alpha value is -0.570. The summed E-state index contributed by atoms with van der Waals surface area (Å²) in [6.07, 6.45) is 9.11. The van der Waals surface area contributed by atoms with Crippen LogP contribution >= 0.6 is 24.0 Å². The van der Waals surface area contributed by atoms with Crippen LogP contribution in [0.4, 0.5) is 0 Å². The van der Waals surface area contributed by atoms with Crippen molar-refractivity contribution < 1.29 is 0 Å². The van der Waals surface area contributed by atoms with Gasteiger partial charge in [-0.25, -0.2) is 0 Å². The fraction of sp³-hybridized carbons (Fsp3) is 0.375. The second-order valence-corrected chi connectivity index (χ2v) is 5.63. The van der Waals surface area contributed by atoms with Gasteiger partial charge in [0.2, 0.25) is 0 Å². The van der Waals surface area contributed by atoms with Gasteiger partial charge in [0.25, 0.3) is 0 Å². The summed E-state index contributed by atoms with van der Waals surface area (Å²) in [5.74, 6) is 1.23. The van der Waals surface area contributed by atoms with Crippen LogP contribution in [0.1, 0.15) is 36.5 Å². The Morgan fingerprint density at radius 2 is 1.76 bits per heavy atom. The van der Waals surface area contributed by atoms with Gasteiger partial charge in [-0.2, -0.15) is 0 Å². The second-order valence-electron chi connectivity index (χ2n) is 5.63. The molecule has 0 saturated carbocycles. The Bertz CT molecular complexity index is 494. The van der Waals surface area contributed by atoms with E-state index in [0.29, 0.717) is 11.8 Å². The molecule has 2 unspecified atom stereocenters. The van der Waals surface area contributed by atoms with Crippen LogP contribution in [-0.4, -0.2) is 0 Å². The molecule has 0 aliphatic heterocycles. The summed E-state index contributed by atoms with van der Waals surface area (Å²) in [6.45, 7) is 6.93. The highest BCUT2D eigenvalue weighted by molar-refractivity contribution is 14.0. The quantitative estimate of drug-likeness (QED) is 0.600. The number of fused-ring (bicyclic) bond motifs is 3. The Labute approximate surface area is 121 Å². The van der Waals surface area contributed by atoms with Crippen LogP contribution in [0.3, 0.4) is 0 Å². The molecular formula is C16H19I. The molecule has 90 valence electrons. The summed E-state index contributed by atoms with van der Waals surface area (Å²) in [7, 11) is 0. The van der Waals surface area contributed by atoms with E-state index in [0.717, 1.165) is 0 Å². The molecule has 0 radical (unpaired) electrons. The Kier molecular flexibility index (Phi) is 3.23. The number of hydrogen-bond donors (Lipinski definition) is 0. The Morgan fingerprint density at radius 1 is 1.06 bits per heavy atom. The van der Waals surface area contributed by atoms with E-state index >= 15 is 0 Å². The average molecular weight is 338 g/mol. The standard InChI is InChI=1S/C16H18.HI/c1-11-8-9-13-12-6-4-5-7-14(12)16(2,3)15(13)10-11;/h4-10,12,14H,1-3H3;1H. The van der Waals surface area contributed by atoms with E-state index in [1.165, 1.54) is 11.1 Å². The van der Waals surface area contributed by atoms with Crippen LogP contribution in [0.2, 0.25) is 0 Å². The molecule has 0 heterocycles. The van der Waals surface area contributed by atoms with Crippen LogP contribution in [-0.2, 0) is 5.41 Å². The number of allylic oxidation sites excluding steroid dienone is 4. The first-order valence-corrected chi connectivity index (χ1v) is 6.07. The number of rotatable bonds is 0. The largest absolute Gasteiger partial charge is 0.107 e. The molecule has 2 aliphatic rings. The minimum atomic E-state index is 0. The minimum absolute atomic E-state index is 0. The van der Waals surface area contributed by atoms with Crippen molar-refractivity contribution in [3.05, 3.63) is 59.2 Å². The van der Waals surface area contributed by atoms with E-state index in [9.17, 15) is 0 Å². The molecule has 2 aliphatic carbocycles. The maximum absolute atomic E-state index is 2.38. The lowest BCUT2D eigenvalue weighted by Crippen LogP contribution is -2.24. The first-order valence-electron chi connectivity index (χ1n) is 6.07. The number of hydrogen-bond acceptors (Lipinski definition) is 0. The van der Waals surface area contributed by atoms with Crippen LogP contribution in [0, 0.1) is 12.8 Å². The highest BCUT2D eigenvalue weighted by Gasteiger charge is 2.44. The van der Waals surface area contributed by atoms with E-state index in [4.69, 9.17) is 0 Å². The number of halogens is 1. The van der Waals surface area contributed by atoms with E-state index < -0.39 is 0 Å². The Morgan fingerprint density at radius 3 is 2.53 bits per heavy atom. The van der Waals surface area contributed by atoms with Crippen molar-refractivity contribution in [2.24, 2.45) is 5.92 Å². The normalized spacial score (nSPS) is 27.2. The summed E-state index contributed by atoms with van der Waals surface area (Å²) in [6, 6.07) is 6.93. The van der Waals surface area contributed by atoms with Crippen molar-refractivity contribution in [1.29, 1.82) is 0 Å². The zero-order valence-electron chi connectivity index (χ0n) is 10.6. The van der Waals surface area contributed by atoms with E-state index in [1.807, 2.05) is 0 Å². The maximum atomic E-state index is 2.38. The molecule has 2 atom stereocenters. The average Bonchev–Trinajstić information content (AvgIpc) is 2.49. The lowest BCUT2D eigenvalue weighted by Gasteiger charge is -2.29. The lowest BCUT2D eigenvalue weighted by molar-refractivity contribution is 0.394. The predicted octanol–water partition coefficient (Wildman–Crippen LogP) is 4.73. The van der Waals surface area contributed by atoms with Gasteiger partial charge >= 0.3 is 0 Å². The number of aryl methyl sites for hydroxylation is 1. The van der Waals surface area contributed by atoms with Crippen molar-refractivity contribution in [3.8, 4) is 0 Å². The van der Waals surface area contributed by atoms with Crippen molar-refractivity contribution in [2.45, 2.75) is 32.1 Å². The molecule has 0 amide bonds. The third-order valence-corrected chi connectivity index (χ3v) is 4.23. The molecule has 1 aromatic carbocycles. The van der Waals surface area contributed by atoms with Gasteiger partial charge in [0.15, 0.2) is 0 Å². The predicted molar refractivity (Wildman–Crippen MR) is 84.1 cm³/mol. The smallest absolute Gasteiger partial charge is 0.00953 e. The summed E-state index contributed by atoms with van der Waals surface area (Å²) in [5.41, 5.74) is 4.71. The highest BCUT2D eigenvalue weighted by Crippen LogP contribution is 2.52. The molecule has 0 spiro atoms. The summed E-state index contributed by atoms with van der Waals surface area (Å²) in [5, 5.41) is 0. The van der Waals surface area contributed by atoms with Crippen LogP contribution < -0.4 is 0 Å². The third-order valence-electron chi connectivity index (χ3n) is 4.23. The highest BCUT2D eigenvalue weighted by atomic mass is 127. The molecule has 0 bridgehead atoms. The van der Waals surface area contributed by atoms with E-state index in [1.54, 1.807) is 5.56 Å². The van der Waals surface area contributed by atoms with Gasteiger partial charge in [0.1, 0.15) is 0 Å². The van der Waals surface area contributed by atoms with E-state index in [-0.39, 0.29) is 29.4 Å². The van der Waals surface area contributed by atoms with Gasteiger partial charge in [-0.1, -0.05) is 61.9 Å². The second kappa shape index (κ2) is 4.27. The summed E-state index contributed by atoms with van der Waals surface area (Å²) < 4.78 is 0. The van der Waals surface area contributed by atoms with Crippen LogP contribution in [0.15, 0.2) is 42.5 Å². The maximum Gasteiger partial charge on any atom is 0.00953 e. The summed E-state index contributed by atoms with van der Waals surface area (Å²) in [4.78, 5) is 0. The van der Waals surface area contributed by atoms with Crippen LogP contribution in [0.25, 0.3) is 0 Å². The van der Waals surface area contributed by atoms with E-state index in [2.05, 4.69) is 63.3 Å². The summed E-state index contributed by atoms with van der Waals surface area (Å²) >= 11 is 0. The van der Waals surface area contributed by atoms with Crippen LogP contribution in [0.5, 0.6) is 0 Å². The third kappa shape index (κ3) is 1.79. The number of benzene rings is 1. The minimum Gasteiger partial charge on any atom is -0.107 e. The monoisotopic (exact) mass is 338 g/mol. The van der Waals surface area contributed by atoms with Crippen molar-refractivity contribution in [3.63, 3.8) is 0 Å². The molecule has 0 fully saturated rings. The van der Waals surface area contributed by atoms with Gasteiger partial charge in [-0.15, -0.1) is 24.0 Å². The van der Waals surface area contributed by atoms with Gasteiger partial charge in [0.05, 0.1) is 0 Å². The zero-order valence-corrected chi connectivity index (χ0v) is 12.9. The topological polar surface area (TPSA) is 0 Å². The van der Waals surface area contributed by atoms with Gasteiger partial charge in [0, 0.05) is 5.92 Å². The molecule has 0 nitrogen and oxygen atoms in total. The molecule has 0 saturated heterocycles. The van der Waals surface area contributed by atoms with Crippen molar-refractivity contribution >= 4 is 24.0 Å². The molecule has 1 heteroatoms. The molecule has 0 N–H and O–H groups in total. The van der Waals surface area contributed by atoms with Gasteiger partial charge < -0.3 is 0 Å². The molecular weight excluding hydrogens is 319 g/mol. The van der Waals surface area contributed by atoms with Crippen molar-refractivity contribution in [1.82, 2.24) is 0 Å². The van der Waals surface area contributed by atoms with Gasteiger partial charge in [-0.3, -0.25) is 0 Å². The Balaban J connectivity index is 0.00000108. The fourth-order valence-corrected chi connectivity index (χ4v) is 3.29. The van der Waals surface area contributed by atoms with Gasteiger partial charge in [-0.05, 0) is 29.4 Å². The SMILES string of the molecule is Cc1ccc2c(c1)C(C)(C)C1C=CC=CC21.I. The first kappa shape index (κ1) is 12.9.